The molecule has 2 aliphatic rings. The van der Waals surface area contributed by atoms with Gasteiger partial charge in [-0.15, -0.1) is 0 Å². The van der Waals surface area contributed by atoms with Crippen molar-refractivity contribution in [2.24, 2.45) is 0 Å². The third kappa shape index (κ3) is 4.17. The van der Waals surface area contributed by atoms with Crippen molar-refractivity contribution >= 4 is 12.0 Å². The molecule has 2 amide bonds. The van der Waals surface area contributed by atoms with Crippen LogP contribution >= 0.6 is 0 Å². The van der Waals surface area contributed by atoms with Crippen LogP contribution in [0.15, 0.2) is 65.9 Å². The molecule has 6 heteroatoms. The zero-order valence-corrected chi connectivity index (χ0v) is 16.5. The summed E-state index contributed by atoms with van der Waals surface area (Å²) in [4.78, 5) is 27.5. The molecule has 2 heterocycles. The van der Waals surface area contributed by atoms with Crippen LogP contribution in [0.1, 0.15) is 29.7 Å². The molecule has 29 heavy (non-hydrogen) atoms. The van der Waals surface area contributed by atoms with E-state index in [-0.39, 0.29) is 12.6 Å². The van der Waals surface area contributed by atoms with Gasteiger partial charge in [0.1, 0.15) is 0 Å². The number of rotatable bonds is 5. The second-order valence-corrected chi connectivity index (χ2v) is 7.28. The second-order valence-electron chi connectivity index (χ2n) is 7.28. The number of hydrogen-bond donors (Lipinski definition) is 2. The normalized spacial score (nSPS) is 19.2. The summed E-state index contributed by atoms with van der Waals surface area (Å²) in [7, 11) is 0. The van der Waals surface area contributed by atoms with Crippen molar-refractivity contribution in [3.8, 4) is 0 Å². The average Bonchev–Trinajstić information content (AvgIpc) is 2.74. The SMILES string of the molecule is CCOC(=O)C1=C(CN2CCc3ccccc3C2)NC(=O)N[C@@H]1c1ccccc1. The van der Waals surface area contributed by atoms with Gasteiger partial charge in [0.2, 0.25) is 0 Å². The smallest absolute Gasteiger partial charge is 0.338 e. The Morgan fingerprint density at radius 2 is 1.83 bits per heavy atom. The lowest BCUT2D eigenvalue weighted by atomic mass is 9.94. The Labute approximate surface area is 170 Å². The van der Waals surface area contributed by atoms with E-state index >= 15 is 0 Å². The highest BCUT2D eigenvalue weighted by Crippen LogP contribution is 2.29. The largest absolute Gasteiger partial charge is 0.463 e. The van der Waals surface area contributed by atoms with E-state index in [1.807, 2.05) is 36.4 Å². The quantitative estimate of drug-likeness (QED) is 0.769. The fraction of sp³-hybridized carbons (Fsp3) is 0.304. The molecule has 2 aliphatic heterocycles. The number of benzene rings is 2. The maximum atomic E-state index is 12.8. The highest BCUT2D eigenvalue weighted by atomic mass is 16.5. The molecular formula is C23H25N3O3. The highest BCUT2D eigenvalue weighted by molar-refractivity contribution is 5.95. The molecule has 0 bridgehead atoms. The standard InChI is InChI=1S/C23H25N3O3/c1-2-29-22(27)20-19(15-26-13-12-16-8-6-7-11-18(16)14-26)24-23(28)25-21(20)17-9-4-3-5-10-17/h3-11,21H,2,12-15H2,1H3,(H2,24,25,28)/t21-/m1/s1. The number of urea groups is 1. The first-order valence-electron chi connectivity index (χ1n) is 9.97. The molecule has 0 spiro atoms. The fourth-order valence-corrected chi connectivity index (χ4v) is 4.00. The van der Waals surface area contributed by atoms with E-state index in [0.29, 0.717) is 17.8 Å². The van der Waals surface area contributed by atoms with Crippen molar-refractivity contribution in [1.29, 1.82) is 0 Å². The zero-order chi connectivity index (χ0) is 20.2. The van der Waals surface area contributed by atoms with E-state index in [2.05, 4.69) is 33.7 Å². The third-order valence-electron chi connectivity index (χ3n) is 5.37. The third-order valence-corrected chi connectivity index (χ3v) is 5.37. The summed E-state index contributed by atoms with van der Waals surface area (Å²) in [5, 5.41) is 5.74. The lowest BCUT2D eigenvalue weighted by molar-refractivity contribution is -0.139. The van der Waals surface area contributed by atoms with Crippen molar-refractivity contribution < 1.29 is 14.3 Å². The van der Waals surface area contributed by atoms with E-state index in [4.69, 9.17) is 4.74 Å². The van der Waals surface area contributed by atoms with Gasteiger partial charge in [-0.25, -0.2) is 9.59 Å². The Hall–Kier alpha value is -3.12. The van der Waals surface area contributed by atoms with Crippen molar-refractivity contribution in [2.75, 3.05) is 19.7 Å². The minimum Gasteiger partial charge on any atom is -0.463 e. The van der Waals surface area contributed by atoms with Gasteiger partial charge in [0, 0.05) is 25.3 Å². The predicted molar refractivity (Wildman–Crippen MR) is 110 cm³/mol. The van der Waals surface area contributed by atoms with Gasteiger partial charge < -0.3 is 15.4 Å². The summed E-state index contributed by atoms with van der Waals surface area (Å²) in [6.45, 7) is 4.21. The number of carbonyl (C=O) groups is 2. The number of carbonyl (C=O) groups excluding carboxylic acids is 2. The van der Waals surface area contributed by atoms with Crippen LogP contribution in [0.5, 0.6) is 0 Å². The molecule has 2 N–H and O–H groups in total. The highest BCUT2D eigenvalue weighted by Gasteiger charge is 2.34. The van der Waals surface area contributed by atoms with Gasteiger partial charge in [0.05, 0.1) is 18.2 Å². The van der Waals surface area contributed by atoms with E-state index in [1.165, 1.54) is 11.1 Å². The summed E-state index contributed by atoms with van der Waals surface area (Å²) in [6, 6.07) is 17.1. The zero-order valence-electron chi connectivity index (χ0n) is 16.5. The molecule has 0 unspecified atom stereocenters. The summed E-state index contributed by atoms with van der Waals surface area (Å²) in [5.74, 6) is -0.402. The number of esters is 1. The van der Waals surface area contributed by atoms with Gasteiger partial charge in [-0.05, 0) is 30.0 Å². The lowest BCUT2D eigenvalue weighted by Gasteiger charge is -2.34. The molecule has 0 aliphatic carbocycles. The minimum absolute atomic E-state index is 0.280. The van der Waals surface area contributed by atoms with Gasteiger partial charge in [0.25, 0.3) is 0 Å². The molecule has 0 saturated heterocycles. The van der Waals surface area contributed by atoms with Crippen molar-refractivity contribution in [3.63, 3.8) is 0 Å². The lowest BCUT2D eigenvalue weighted by Crippen LogP contribution is -2.49. The maximum absolute atomic E-state index is 12.8. The molecule has 1 atom stereocenters. The van der Waals surface area contributed by atoms with E-state index in [1.54, 1.807) is 6.92 Å². The summed E-state index contributed by atoms with van der Waals surface area (Å²) in [6.07, 6.45) is 0.951. The van der Waals surface area contributed by atoms with E-state index in [9.17, 15) is 9.59 Å². The molecular weight excluding hydrogens is 366 g/mol. The fourth-order valence-electron chi connectivity index (χ4n) is 4.00. The first-order chi connectivity index (χ1) is 14.2. The van der Waals surface area contributed by atoms with Crippen LogP contribution in [0.4, 0.5) is 4.79 Å². The van der Waals surface area contributed by atoms with Crippen molar-refractivity contribution in [1.82, 2.24) is 15.5 Å². The number of fused-ring (bicyclic) bond motifs is 1. The first-order valence-corrected chi connectivity index (χ1v) is 9.97. The molecule has 0 aromatic heterocycles. The Kier molecular flexibility index (Phi) is 5.62. The van der Waals surface area contributed by atoms with Crippen molar-refractivity contribution in [2.45, 2.75) is 25.9 Å². The number of nitrogens with zero attached hydrogens (tertiary/aromatic N) is 1. The number of amides is 2. The Balaban J connectivity index is 1.67. The Morgan fingerprint density at radius 1 is 1.10 bits per heavy atom. The predicted octanol–water partition coefficient (Wildman–Crippen LogP) is 2.92. The Morgan fingerprint density at radius 3 is 2.59 bits per heavy atom. The van der Waals surface area contributed by atoms with Crippen molar-refractivity contribution in [3.05, 3.63) is 82.6 Å². The molecule has 6 nitrogen and oxygen atoms in total. The van der Waals surface area contributed by atoms with Gasteiger partial charge >= 0.3 is 12.0 Å². The van der Waals surface area contributed by atoms with E-state index < -0.39 is 12.0 Å². The monoisotopic (exact) mass is 391 g/mol. The van der Waals surface area contributed by atoms with Gasteiger partial charge in [0.15, 0.2) is 0 Å². The molecule has 0 fully saturated rings. The Bertz CT molecular complexity index is 939. The topological polar surface area (TPSA) is 70.7 Å². The number of nitrogens with one attached hydrogen (secondary N) is 2. The van der Waals surface area contributed by atoms with Gasteiger partial charge in [-0.1, -0.05) is 54.6 Å². The molecule has 0 saturated carbocycles. The van der Waals surface area contributed by atoms with E-state index in [0.717, 1.165) is 25.1 Å². The van der Waals surface area contributed by atoms with Gasteiger partial charge in [-0.2, -0.15) is 0 Å². The molecule has 150 valence electrons. The van der Waals surface area contributed by atoms with Crippen LogP contribution in [0.3, 0.4) is 0 Å². The van der Waals surface area contributed by atoms with Crippen LogP contribution in [0, 0.1) is 0 Å². The number of hydrogen-bond acceptors (Lipinski definition) is 4. The average molecular weight is 391 g/mol. The maximum Gasteiger partial charge on any atom is 0.338 e. The minimum atomic E-state index is -0.531. The van der Waals surface area contributed by atoms with Crippen LogP contribution in [0.25, 0.3) is 0 Å². The molecule has 4 rings (SSSR count). The molecule has 0 radical (unpaired) electrons. The first kappa shape index (κ1) is 19.2. The van der Waals surface area contributed by atoms with Crippen LogP contribution in [-0.2, 0) is 22.5 Å². The van der Waals surface area contributed by atoms with Crippen LogP contribution < -0.4 is 10.6 Å². The van der Waals surface area contributed by atoms with Gasteiger partial charge in [-0.3, -0.25) is 4.90 Å². The van der Waals surface area contributed by atoms with Crippen LogP contribution in [0.2, 0.25) is 0 Å². The molecule has 2 aromatic rings. The summed E-state index contributed by atoms with van der Waals surface area (Å²) < 4.78 is 5.34. The molecule has 2 aromatic carbocycles. The summed E-state index contributed by atoms with van der Waals surface area (Å²) in [5.41, 5.74) is 4.58. The van der Waals surface area contributed by atoms with Crippen LogP contribution in [-0.4, -0.2) is 36.6 Å². The second kappa shape index (κ2) is 8.49. The summed E-state index contributed by atoms with van der Waals surface area (Å²) >= 11 is 0. The number of ether oxygens (including phenoxy) is 1.